The molecule has 1 saturated carbocycles. The van der Waals surface area contributed by atoms with E-state index in [1.54, 1.807) is 0 Å². The highest BCUT2D eigenvalue weighted by molar-refractivity contribution is 6.25. The molecule has 0 bridgehead atoms. The fourth-order valence-corrected chi connectivity index (χ4v) is 3.76. The Morgan fingerprint density at radius 2 is 2.21 bits per heavy atom. The van der Waals surface area contributed by atoms with E-state index in [9.17, 15) is 9.90 Å². The molecule has 1 radical (unpaired) electrons. The second kappa shape index (κ2) is 5.81. The van der Waals surface area contributed by atoms with Gasteiger partial charge >= 0.3 is 5.97 Å². The van der Waals surface area contributed by atoms with Gasteiger partial charge in [-0.1, -0.05) is 12.7 Å². The molecule has 2 fully saturated rings. The van der Waals surface area contributed by atoms with Gasteiger partial charge in [-0.2, -0.15) is 0 Å². The van der Waals surface area contributed by atoms with E-state index in [2.05, 4.69) is 5.32 Å². The van der Waals surface area contributed by atoms with Crippen LogP contribution in [0.5, 0.6) is 0 Å². The molecule has 5 N–H and O–H groups in total. The molecular weight excluding hydrogens is 243 g/mol. The van der Waals surface area contributed by atoms with Gasteiger partial charge in [0.25, 0.3) is 7.48 Å². The number of hydrogen-bond donors (Lipinski definition) is 4. The second-order valence-electron chi connectivity index (χ2n) is 6.17. The van der Waals surface area contributed by atoms with Crippen molar-refractivity contribution in [1.29, 1.82) is 0 Å². The summed E-state index contributed by atoms with van der Waals surface area (Å²) in [6, 6.07) is 0. The van der Waals surface area contributed by atoms with Crippen molar-refractivity contribution in [3.8, 4) is 0 Å². The lowest BCUT2D eigenvalue weighted by Gasteiger charge is -2.46. The molecule has 0 aromatic carbocycles. The van der Waals surface area contributed by atoms with Crippen molar-refractivity contribution in [1.82, 2.24) is 5.32 Å². The summed E-state index contributed by atoms with van der Waals surface area (Å²) in [5, 5.41) is 21.8. The molecule has 1 aliphatic carbocycles. The molecule has 3 unspecified atom stereocenters. The van der Waals surface area contributed by atoms with Crippen LogP contribution in [-0.2, 0) is 4.79 Å². The molecular formula is C13H24BN2O3. The standard InChI is InChI=1S/C13H24BN2O3/c15-13(11(17)18)6-5-12(4-2-8-16-12)9-10(13)3-1-7-14-19/h10,16,19H,1-9,15H2,(H,17,18). The van der Waals surface area contributed by atoms with Crippen molar-refractivity contribution in [2.24, 2.45) is 11.7 Å². The van der Waals surface area contributed by atoms with E-state index in [4.69, 9.17) is 10.8 Å². The van der Waals surface area contributed by atoms with Gasteiger partial charge < -0.3 is 21.2 Å². The Kier molecular flexibility index (Phi) is 4.53. The van der Waals surface area contributed by atoms with Crippen molar-refractivity contribution in [3.05, 3.63) is 0 Å². The minimum Gasteiger partial charge on any atom is -0.480 e. The molecule has 1 saturated heterocycles. The number of carbonyl (C=O) groups is 1. The van der Waals surface area contributed by atoms with E-state index in [0.717, 1.165) is 46.1 Å². The number of carboxylic acid groups (broad SMARTS) is 1. The highest BCUT2D eigenvalue weighted by Crippen LogP contribution is 2.44. The molecule has 3 atom stereocenters. The van der Waals surface area contributed by atoms with E-state index >= 15 is 0 Å². The van der Waals surface area contributed by atoms with Crippen molar-refractivity contribution in [3.63, 3.8) is 0 Å². The molecule has 1 spiro atoms. The van der Waals surface area contributed by atoms with Crippen LogP contribution in [0.2, 0.25) is 6.32 Å². The van der Waals surface area contributed by atoms with Gasteiger partial charge in [-0.25, -0.2) is 0 Å². The molecule has 107 valence electrons. The Hall–Kier alpha value is -0.585. The first-order chi connectivity index (χ1) is 9.02. The number of hydrogen-bond acceptors (Lipinski definition) is 4. The lowest BCUT2D eigenvalue weighted by molar-refractivity contribution is -0.148. The quantitative estimate of drug-likeness (QED) is 0.430. The van der Waals surface area contributed by atoms with Crippen LogP contribution in [0.3, 0.4) is 0 Å². The van der Waals surface area contributed by atoms with Crippen molar-refractivity contribution in [2.45, 2.75) is 62.3 Å². The van der Waals surface area contributed by atoms with E-state index in [-0.39, 0.29) is 11.5 Å². The molecule has 0 aromatic rings. The van der Waals surface area contributed by atoms with Gasteiger partial charge in [-0.3, -0.25) is 4.79 Å². The summed E-state index contributed by atoms with van der Waals surface area (Å²) < 4.78 is 0. The summed E-state index contributed by atoms with van der Waals surface area (Å²) in [5.74, 6) is -0.886. The Bertz CT molecular complexity index is 334. The van der Waals surface area contributed by atoms with Crippen LogP contribution in [0.4, 0.5) is 0 Å². The van der Waals surface area contributed by atoms with Gasteiger partial charge in [0, 0.05) is 5.54 Å². The predicted molar refractivity (Wildman–Crippen MR) is 73.9 cm³/mol. The van der Waals surface area contributed by atoms with E-state index < -0.39 is 11.5 Å². The topological polar surface area (TPSA) is 95.6 Å². The maximum Gasteiger partial charge on any atom is 0.323 e. The van der Waals surface area contributed by atoms with Gasteiger partial charge in [0.15, 0.2) is 0 Å². The third kappa shape index (κ3) is 2.96. The number of nitrogens with one attached hydrogen (secondary N) is 1. The average molecular weight is 267 g/mol. The highest BCUT2D eigenvalue weighted by atomic mass is 16.4. The van der Waals surface area contributed by atoms with E-state index in [0.29, 0.717) is 12.7 Å². The fourth-order valence-electron chi connectivity index (χ4n) is 3.76. The summed E-state index contributed by atoms with van der Waals surface area (Å²) in [6.07, 6.45) is 6.72. The smallest absolute Gasteiger partial charge is 0.323 e. The Balaban J connectivity index is 2.07. The Morgan fingerprint density at radius 1 is 1.42 bits per heavy atom. The van der Waals surface area contributed by atoms with Gasteiger partial charge in [0.1, 0.15) is 5.54 Å². The van der Waals surface area contributed by atoms with Crippen LogP contribution in [0.25, 0.3) is 0 Å². The molecule has 2 aliphatic rings. The normalized spacial score (nSPS) is 38.5. The predicted octanol–water partition coefficient (Wildman–Crippen LogP) is 0.501. The molecule has 0 amide bonds. The fraction of sp³-hybridized carbons (Fsp3) is 0.923. The molecule has 1 aliphatic heterocycles. The summed E-state index contributed by atoms with van der Waals surface area (Å²) >= 11 is 0. The summed E-state index contributed by atoms with van der Waals surface area (Å²) in [4.78, 5) is 11.5. The Labute approximate surface area is 115 Å². The molecule has 2 rings (SSSR count). The number of nitrogens with two attached hydrogens (primary N) is 1. The van der Waals surface area contributed by atoms with Crippen LogP contribution in [0.1, 0.15) is 44.9 Å². The van der Waals surface area contributed by atoms with Crippen LogP contribution in [-0.4, -0.2) is 41.2 Å². The van der Waals surface area contributed by atoms with Gasteiger partial charge in [-0.15, -0.1) is 0 Å². The largest absolute Gasteiger partial charge is 0.480 e. The first-order valence-electron chi connectivity index (χ1n) is 7.26. The van der Waals surface area contributed by atoms with E-state index in [1.807, 2.05) is 0 Å². The van der Waals surface area contributed by atoms with Crippen molar-refractivity contribution in [2.75, 3.05) is 6.54 Å². The third-order valence-electron chi connectivity index (χ3n) is 5.00. The second-order valence-corrected chi connectivity index (χ2v) is 6.17. The average Bonchev–Trinajstić information content (AvgIpc) is 2.83. The summed E-state index contributed by atoms with van der Waals surface area (Å²) in [6.45, 7) is 1.03. The van der Waals surface area contributed by atoms with Crippen LogP contribution in [0, 0.1) is 5.92 Å². The van der Waals surface area contributed by atoms with Gasteiger partial charge in [0.05, 0.1) is 0 Å². The molecule has 1 heterocycles. The lowest BCUT2D eigenvalue weighted by Crippen LogP contribution is -2.61. The van der Waals surface area contributed by atoms with Crippen molar-refractivity contribution < 1.29 is 14.9 Å². The monoisotopic (exact) mass is 267 g/mol. The van der Waals surface area contributed by atoms with Crippen LogP contribution >= 0.6 is 0 Å². The van der Waals surface area contributed by atoms with E-state index in [1.165, 1.54) is 6.42 Å². The number of carboxylic acids is 1. The van der Waals surface area contributed by atoms with Crippen LogP contribution in [0.15, 0.2) is 0 Å². The summed E-state index contributed by atoms with van der Waals surface area (Å²) in [5.41, 5.74) is 5.20. The third-order valence-corrected chi connectivity index (χ3v) is 5.00. The first-order valence-corrected chi connectivity index (χ1v) is 7.26. The molecule has 0 aromatic heterocycles. The SMILES string of the molecule is NC1(C(=O)O)CCC2(CCCN2)CC1CCC[B]O. The van der Waals surface area contributed by atoms with Gasteiger partial charge in [-0.05, 0) is 51.0 Å². The Morgan fingerprint density at radius 3 is 2.79 bits per heavy atom. The molecule has 6 heteroatoms. The number of rotatable bonds is 5. The zero-order valence-corrected chi connectivity index (χ0v) is 11.4. The number of aliphatic carboxylic acids is 1. The first kappa shape index (κ1) is 14.8. The van der Waals surface area contributed by atoms with Crippen molar-refractivity contribution >= 4 is 13.5 Å². The maximum absolute atomic E-state index is 11.5. The summed E-state index contributed by atoms with van der Waals surface area (Å²) in [7, 11) is 1.14. The lowest BCUT2D eigenvalue weighted by atomic mass is 9.63. The molecule has 5 nitrogen and oxygen atoms in total. The zero-order valence-electron chi connectivity index (χ0n) is 11.4. The maximum atomic E-state index is 11.5. The van der Waals surface area contributed by atoms with Gasteiger partial charge in [0.2, 0.25) is 0 Å². The minimum absolute atomic E-state index is 0.00991. The minimum atomic E-state index is -1.09. The molecule has 19 heavy (non-hydrogen) atoms. The highest BCUT2D eigenvalue weighted by Gasteiger charge is 2.51. The van der Waals surface area contributed by atoms with Crippen LogP contribution < -0.4 is 11.1 Å². The zero-order chi connectivity index (χ0) is 13.9.